The molecule has 1 aromatic heterocycles. The second-order valence-corrected chi connectivity index (χ2v) is 7.43. The first kappa shape index (κ1) is 13.9. The zero-order valence-corrected chi connectivity index (χ0v) is 13.9. The van der Waals surface area contributed by atoms with E-state index in [0.29, 0.717) is 0 Å². The van der Waals surface area contributed by atoms with Crippen LogP contribution in [-0.2, 0) is 0 Å². The number of nitrogens with zero attached hydrogens (tertiary/aromatic N) is 1. The molecule has 0 spiro atoms. The smallest absolute Gasteiger partial charge is 0.151 e. The van der Waals surface area contributed by atoms with Crippen molar-refractivity contribution in [3.8, 4) is 0 Å². The number of benzene rings is 2. The Balaban J connectivity index is 1.54. The number of thioether (sulfide) groups is 1. The van der Waals surface area contributed by atoms with Crippen molar-refractivity contribution >= 4 is 54.9 Å². The SMILES string of the molecule is Brc1ccccc1NCCSc1nc2ccccc2s1. The molecule has 1 N–H and O–H groups in total. The summed E-state index contributed by atoms with van der Waals surface area (Å²) in [5.74, 6) is 1.00. The normalized spacial score (nSPS) is 10.8. The topological polar surface area (TPSA) is 24.9 Å². The van der Waals surface area contributed by atoms with Gasteiger partial charge in [-0.1, -0.05) is 36.0 Å². The van der Waals surface area contributed by atoms with Gasteiger partial charge in [-0.15, -0.1) is 11.3 Å². The van der Waals surface area contributed by atoms with Crippen LogP contribution in [0.3, 0.4) is 0 Å². The van der Waals surface area contributed by atoms with Crippen LogP contribution in [0.1, 0.15) is 0 Å². The van der Waals surface area contributed by atoms with Crippen LogP contribution >= 0.6 is 39.0 Å². The number of fused-ring (bicyclic) bond motifs is 1. The number of halogens is 1. The Kier molecular flexibility index (Phi) is 4.60. The van der Waals surface area contributed by atoms with E-state index in [1.807, 2.05) is 24.3 Å². The largest absolute Gasteiger partial charge is 0.383 e. The minimum absolute atomic E-state index is 0.920. The van der Waals surface area contributed by atoms with Gasteiger partial charge >= 0.3 is 0 Å². The van der Waals surface area contributed by atoms with Crippen molar-refractivity contribution in [2.75, 3.05) is 17.6 Å². The van der Waals surface area contributed by atoms with Crippen molar-refractivity contribution in [1.29, 1.82) is 0 Å². The number of para-hydroxylation sites is 2. The Morgan fingerprint density at radius 1 is 1.10 bits per heavy atom. The molecule has 0 aliphatic rings. The van der Waals surface area contributed by atoms with Crippen molar-refractivity contribution < 1.29 is 0 Å². The fourth-order valence-electron chi connectivity index (χ4n) is 1.84. The molecule has 0 atom stereocenters. The predicted molar refractivity (Wildman–Crippen MR) is 93.0 cm³/mol. The van der Waals surface area contributed by atoms with Crippen molar-refractivity contribution in [2.24, 2.45) is 0 Å². The third kappa shape index (κ3) is 3.34. The van der Waals surface area contributed by atoms with Crippen molar-refractivity contribution in [2.45, 2.75) is 4.34 Å². The van der Waals surface area contributed by atoms with Gasteiger partial charge in [0, 0.05) is 22.5 Å². The molecule has 2 nitrogen and oxygen atoms in total. The van der Waals surface area contributed by atoms with Crippen molar-refractivity contribution in [3.63, 3.8) is 0 Å². The molecule has 0 radical (unpaired) electrons. The van der Waals surface area contributed by atoms with Gasteiger partial charge in [0.05, 0.1) is 10.2 Å². The monoisotopic (exact) mass is 364 g/mol. The fourth-order valence-corrected chi connectivity index (χ4v) is 4.26. The summed E-state index contributed by atoms with van der Waals surface area (Å²) in [7, 11) is 0. The summed E-state index contributed by atoms with van der Waals surface area (Å²) in [5.41, 5.74) is 2.23. The van der Waals surface area contributed by atoms with Crippen LogP contribution in [0.4, 0.5) is 5.69 Å². The van der Waals surface area contributed by atoms with Gasteiger partial charge in [0.2, 0.25) is 0 Å². The molecule has 3 rings (SSSR count). The summed E-state index contributed by atoms with van der Waals surface area (Å²) in [6, 6.07) is 16.5. The molecule has 102 valence electrons. The molecule has 0 saturated heterocycles. The standard InChI is InChI=1S/C15H13BrN2S2/c16-11-5-1-2-6-12(11)17-9-10-19-15-18-13-7-3-4-8-14(13)20-15/h1-8,17H,9-10H2. The molecule has 0 fully saturated rings. The molecule has 0 aliphatic carbocycles. The zero-order valence-electron chi connectivity index (χ0n) is 10.7. The summed E-state index contributed by atoms with van der Waals surface area (Å²) in [5, 5.41) is 3.43. The third-order valence-corrected chi connectivity index (χ3v) is 5.66. The summed E-state index contributed by atoms with van der Waals surface area (Å²) >= 11 is 7.10. The highest BCUT2D eigenvalue weighted by Gasteiger charge is 2.03. The number of thiazole rings is 1. The van der Waals surface area contributed by atoms with Crippen LogP contribution in [0.5, 0.6) is 0 Å². The number of rotatable bonds is 5. The summed E-state index contributed by atoms with van der Waals surface area (Å²) in [6.45, 7) is 0.920. The van der Waals surface area contributed by atoms with E-state index in [1.54, 1.807) is 23.1 Å². The van der Waals surface area contributed by atoms with E-state index in [4.69, 9.17) is 0 Å². The number of nitrogens with one attached hydrogen (secondary N) is 1. The molecule has 2 aromatic carbocycles. The maximum Gasteiger partial charge on any atom is 0.151 e. The quantitative estimate of drug-likeness (QED) is 0.493. The molecule has 0 unspecified atom stereocenters. The molecule has 20 heavy (non-hydrogen) atoms. The van der Waals surface area contributed by atoms with E-state index in [9.17, 15) is 0 Å². The molecule has 0 amide bonds. The molecule has 0 saturated carbocycles. The average molecular weight is 365 g/mol. The van der Waals surface area contributed by atoms with E-state index in [1.165, 1.54) is 4.70 Å². The predicted octanol–water partition coefficient (Wildman–Crippen LogP) is 5.26. The number of anilines is 1. The molecule has 0 aliphatic heterocycles. The maximum absolute atomic E-state index is 4.62. The van der Waals surface area contributed by atoms with Gasteiger partial charge in [-0.3, -0.25) is 0 Å². The van der Waals surface area contributed by atoms with E-state index in [2.05, 4.69) is 50.5 Å². The van der Waals surface area contributed by atoms with Crippen LogP contribution in [0.25, 0.3) is 10.2 Å². The molecule has 5 heteroatoms. The highest BCUT2D eigenvalue weighted by molar-refractivity contribution is 9.10. The second-order valence-electron chi connectivity index (χ2n) is 4.20. The van der Waals surface area contributed by atoms with Crippen LogP contribution in [-0.4, -0.2) is 17.3 Å². The van der Waals surface area contributed by atoms with Crippen LogP contribution in [0, 0.1) is 0 Å². The summed E-state index contributed by atoms with van der Waals surface area (Å²) in [4.78, 5) is 4.62. The average Bonchev–Trinajstić information content (AvgIpc) is 2.88. The zero-order chi connectivity index (χ0) is 13.8. The number of hydrogen-bond acceptors (Lipinski definition) is 4. The Labute approximate surface area is 134 Å². The van der Waals surface area contributed by atoms with Crippen LogP contribution in [0.15, 0.2) is 57.3 Å². The first-order valence-electron chi connectivity index (χ1n) is 6.30. The summed E-state index contributed by atoms with van der Waals surface area (Å²) < 4.78 is 3.50. The van der Waals surface area contributed by atoms with Gasteiger partial charge in [-0.25, -0.2) is 4.98 Å². The minimum Gasteiger partial charge on any atom is -0.383 e. The Morgan fingerprint density at radius 3 is 2.75 bits per heavy atom. The van der Waals surface area contributed by atoms with Gasteiger partial charge < -0.3 is 5.32 Å². The third-order valence-electron chi connectivity index (χ3n) is 2.79. The van der Waals surface area contributed by atoms with E-state index in [0.717, 1.165) is 32.3 Å². The number of aromatic nitrogens is 1. The van der Waals surface area contributed by atoms with Gasteiger partial charge in [-0.2, -0.15) is 0 Å². The van der Waals surface area contributed by atoms with Gasteiger partial charge in [0.15, 0.2) is 4.34 Å². The Hall–Kier alpha value is -1.04. The molecule has 1 heterocycles. The van der Waals surface area contributed by atoms with E-state index < -0.39 is 0 Å². The minimum atomic E-state index is 0.920. The Morgan fingerprint density at radius 2 is 1.90 bits per heavy atom. The Bertz CT molecular complexity index is 679. The highest BCUT2D eigenvalue weighted by Crippen LogP contribution is 2.29. The van der Waals surface area contributed by atoms with E-state index in [-0.39, 0.29) is 0 Å². The molecular weight excluding hydrogens is 352 g/mol. The van der Waals surface area contributed by atoms with Crippen molar-refractivity contribution in [1.82, 2.24) is 4.98 Å². The van der Waals surface area contributed by atoms with Crippen LogP contribution in [0.2, 0.25) is 0 Å². The van der Waals surface area contributed by atoms with E-state index >= 15 is 0 Å². The lowest BCUT2D eigenvalue weighted by Gasteiger charge is -2.06. The fraction of sp³-hybridized carbons (Fsp3) is 0.133. The first-order chi connectivity index (χ1) is 9.83. The summed E-state index contributed by atoms with van der Waals surface area (Å²) in [6.07, 6.45) is 0. The molecule has 3 aromatic rings. The van der Waals surface area contributed by atoms with Crippen LogP contribution < -0.4 is 5.32 Å². The highest BCUT2D eigenvalue weighted by atomic mass is 79.9. The lowest BCUT2D eigenvalue weighted by molar-refractivity contribution is 1.21. The maximum atomic E-state index is 4.62. The second kappa shape index (κ2) is 6.61. The molecule has 0 bridgehead atoms. The lowest BCUT2D eigenvalue weighted by Crippen LogP contribution is -2.04. The van der Waals surface area contributed by atoms with Gasteiger partial charge in [-0.05, 0) is 40.2 Å². The van der Waals surface area contributed by atoms with Gasteiger partial charge in [0.25, 0.3) is 0 Å². The van der Waals surface area contributed by atoms with Crippen molar-refractivity contribution in [3.05, 3.63) is 53.0 Å². The van der Waals surface area contributed by atoms with Gasteiger partial charge in [0.1, 0.15) is 0 Å². The first-order valence-corrected chi connectivity index (χ1v) is 8.89. The number of hydrogen-bond donors (Lipinski definition) is 1. The molecular formula is C15H13BrN2S2. The lowest BCUT2D eigenvalue weighted by atomic mass is 10.3.